The molecule has 1 aliphatic heterocycles. The number of alkyl halides is 3. The van der Waals surface area contributed by atoms with E-state index in [0.29, 0.717) is 18.5 Å². The first-order valence-electron chi connectivity index (χ1n) is 7.69. The summed E-state index contributed by atoms with van der Waals surface area (Å²) in [5.74, 6) is -0.998. The van der Waals surface area contributed by atoms with Gasteiger partial charge in [0.2, 0.25) is 0 Å². The van der Waals surface area contributed by atoms with E-state index in [1.165, 1.54) is 24.4 Å². The van der Waals surface area contributed by atoms with Gasteiger partial charge in [0.1, 0.15) is 17.7 Å². The van der Waals surface area contributed by atoms with Crippen molar-refractivity contribution in [1.29, 1.82) is 0 Å². The van der Waals surface area contributed by atoms with Crippen LogP contribution in [0, 0.1) is 11.7 Å². The fourth-order valence-corrected chi connectivity index (χ4v) is 3.09. The molecule has 2 aromatic rings. The van der Waals surface area contributed by atoms with Gasteiger partial charge in [-0.25, -0.2) is 4.39 Å². The second-order valence-corrected chi connectivity index (χ2v) is 6.30. The number of benzene rings is 1. The van der Waals surface area contributed by atoms with Crippen molar-refractivity contribution in [1.82, 2.24) is 10.3 Å². The zero-order valence-corrected chi connectivity index (χ0v) is 13.7. The van der Waals surface area contributed by atoms with Gasteiger partial charge in [0.05, 0.1) is 11.8 Å². The van der Waals surface area contributed by atoms with Crippen molar-refractivity contribution in [2.45, 2.75) is 18.7 Å². The Hall–Kier alpha value is -1.86. The lowest BCUT2D eigenvalue weighted by atomic mass is 9.95. The number of nitrogens with zero attached hydrogens (tertiary/aromatic N) is 1. The van der Waals surface area contributed by atoms with E-state index in [1.54, 1.807) is 0 Å². The Morgan fingerprint density at radius 3 is 2.68 bits per heavy atom. The third kappa shape index (κ3) is 4.22. The monoisotopic (exact) mass is 374 g/mol. The summed E-state index contributed by atoms with van der Waals surface area (Å²) in [6.45, 7) is 1.29. The number of hydrogen-bond donors (Lipinski definition) is 1. The molecular formula is C17H15ClF4N2O. The van der Waals surface area contributed by atoms with E-state index in [2.05, 4.69) is 10.3 Å². The van der Waals surface area contributed by atoms with E-state index < -0.39 is 23.7 Å². The average molecular weight is 375 g/mol. The molecule has 0 bridgehead atoms. The van der Waals surface area contributed by atoms with Gasteiger partial charge >= 0.3 is 6.18 Å². The Bertz CT molecular complexity index is 748. The molecule has 1 aliphatic rings. The first-order chi connectivity index (χ1) is 11.8. The number of halogens is 5. The predicted octanol–water partition coefficient (Wildman–Crippen LogP) is 4.62. The summed E-state index contributed by atoms with van der Waals surface area (Å²) in [7, 11) is 0. The first kappa shape index (κ1) is 17.9. The molecule has 1 fully saturated rings. The molecule has 134 valence electrons. The molecule has 1 aromatic heterocycles. The van der Waals surface area contributed by atoms with Crippen LogP contribution in [0.4, 0.5) is 17.6 Å². The van der Waals surface area contributed by atoms with Crippen LogP contribution >= 0.6 is 11.6 Å². The van der Waals surface area contributed by atoms with Crippen LogP contribution in [0.5, 0.6) is 5.75 Å². The predicted molar refractivity (Wildman–Crippen MR) is 85.0 cm³/mol. The molecule has 0 saturated carbocycles. The highest BCUT2D eigenvalue weighted by Crippen LogP contribution is 2.41. The second-order valence-electron chi connectivity index (χ2n) is 5.87. The first-order valence-corrected chi connectivity index (χ1v) is 8.07. The van der Waals surface area contributed by atoms with Crippen molar-refractivity contribution in [2.75, 3.05) is 13.1 Å². The lowest BCUT2D eigenvalue weighted by Crippen LogP contribution is -2.23. The number of hydrogen-bond acceptors (Lipinski definition) is 3. The number of aromatic nitrogens is 1. The van der Waals surface area contributed by atoms with E-state index in [-0.39, 0.29) is 16.7 Å². The van der Waals surface area contributed by atoms with Gasteiger partial charge in [-0.3, -0.25) is 4.98 Å². The van der Waals surface area contributed by atoms with Gasteiger partial charge in [-0.1, -0.05) is 11.6 Å². The quantitative estimate of drug-likeness (QED) is 0.793. The average Bonchev–Trinajstić information content (AvgIpc) is 3.07. The smallest absolute Gasteiger partial charge is 0.420 e. The highest BCUT2D eigenvalue weighted by atomic mass is 35.5. The SMILES string of the molecule is Fc1cncc([C@@H](Oc2ccc(Cl)cc2C(F)(F)F)[C@@H]2CCNC2)c1. The van der Waals surface area contributed by atoms with Crippen molar-refractivity contribution >= 4 is 11.6 Å². The highest BCUT2D eigenvalue weighted by molar-refractivity contribution is 6.30. The van der Waals surface area contributed by atoms with Crippen molar-refractivity contribution < 1.29 is 22.3 Å². The summed E-state index contributed by atoms with van der Waals surface area (Å²) in [6, 6.07) is 4.58. The van der Waals surface area contributed by atoms with Gasteiger partial charge in [-0.05, 0) is 37.2 Å². The second kappa shape index (κ2) is 7.17. The van der Waals surface area contributed by atoms with E-state index in [1.807, 2.05) is 0 Å². The molecule has 2 atom stereocenters. The van der Waals surface area contributed by atoms with Gasteiger partial charge in [0.25, 0.3) is 0 Å². The van der Waals surface area contributed by atoms with Crippen molar-refractivity contribution in [2.24, 2.45) is 5.92 Å². The van der Waals surface area contributed by atoms with Crippen LogP contribution in [0.1, 0.15) is 23.7 Å². The van der Waals surface area contributed by atoms with Gasteiger partial charge in [-0.2, -0.15) is 13.2 Å². The molecule has 0 unspecified atom stereocenters. The summed E-state index contributed by atoms with van der Waals surface area (Å²) in [5.41, 5.74) is -0.558. The maximum atomic E-state index is 13.5. The maximum Gasteiger partial charge on any atom is 0.420 e. The van der Waals surface area contributed by atoms with Crippen LogP contribution in [-0.2, 0) is 6.18 Å². The van der Waals surface area contributed by atoms with Crippen LogP contribution in [-0.4, -0.2) is 18.1 Å². The van der Waals surface area contributed by atoms with Crippen LogP contribution < -0.4 is 10.1 Å². The summed E-state index contributed by atoms with van der Waals surface area (Å²) in [5, 5.41) is 3.10. The fraction of sp³-hybridized carbons (Fsp3) is 0.353. The number of nitrogens with one attached hydrogen (secondary N) is 1. The Kier molecular flexibility index (Phi) is 5.15. The summed E-state index contributed by atoms with van der Waals surface area (Å²) in [4.78, 5) is 3.78. The van der Waals surface area contributed by atoms with Crippen molar-refractivity contribution in [3.8, 4) is 5.75 Å². The van der Waals surface area contributed by atoms with Crippen LogP contribution in [0.15, 0.2) is 36.7 Å². The number of ether oxygens (including phenoxy) is 1. The maximum absolute atomic E-state index is 13.5. The van der Waals surface area contributed by atoms with E-state index in [0.717, 1.165) is 18.8 Å². The zero-order chi connectivity index (χ0) is 18.0. The number of rotatable bonds is 4. The summed E-state index contributed by atoms with van der Waals surface area (Å²) in [6.07, 6.45) is -2.21. The largest absolute Gasteiger partial charge is 0.485 e. The third-order valence-electron chi connectivity index (χ3n) is 4.08. The lowest BCUT2D eigenvalue weighted by molar-refractivity contribution is -0.139. The molecule has 0 spiro atoms. The Labute approximate surface area is 147 Å². The van der Waals surface area contributed by atoms with Gasteiger partial charge in [-0.15, -0.1) is 0 Å². The molecule has 1 saturated heterocycles. The van der Waals surface area contributed by atoms with E-state index in [4.69, 9.17) is 16.3 Å². The molecule has 0 aliphatic carbocycles. The summed E-state index contributed by atoms with van der Waals surface area (Å²) < 4.78 is 59.2. The third-order valence-corrected chi connectivity index (χ3v) is 4.32. The molecule has 2 heterocycles. The topological polar surface area (TPSA) is 34.1 Å². The molecule has 3 nitrogen and oxygen atoms in total. The molecular weight excluding hydrogens is 360 g/mol. The molecule has 3 rings (SSSR count). The van der Waals surface area contributed by atoms with Gasteiger partial charge in [0, 0.05) is 29.2 Å². The Morgan fingerprint density at radius 2 is 2.04 bits per heavy atom. The molecule has 1 aromatic carbocycles. The highest BCUT2D eigenvalue weighted by Gasteiger charge is 2.37. The van der Waals surface area contributed by atoms with Crippen LogP contribution in [0.3, 0.4) is 0 Å². The fourth-order valence-electron chi connectivity index (χ4n) is 2.92. The van der Waals surface area contributed by atoms with E-state index in [9.17, 15) is 17.6 Å². The van der Waals surface area contributed by atoms with Crippen LogP contribution in [0.25, 0.3) is 0 Å². The Balaban J connectivity index is 1.99. The number of pyridine rings is 1. The normalized spacial score (nSPS) is 19.0. The molecule has 0 radical (unpaired) electrons. The summed E-state index contributed by atoms with van der Waals surface area (Å²) >= 11 is 5.70. The minimum atomic E-state index is -4.61. The van der Waals surface area contributed by atoms with Crippen molar-refractivity contribution in [3.05, 3.63) is 58.6 Å². The van der Waals surface area contributed by atoms with E-state index >= 15 is 0 Å². The molecule has 1 N–H and O–H groups in total. The van der Waals surface area contributed by atoms with Gasteiger partial charge in [0.15, 0.2) is 0 Å². The molecule has 0 amide bonds. The molecule has 25 heavy (non-hydrogen) atoms. The minimum Gasteiger partial charge on any atom is -0.485 e. The molecule has 8 heteroatoms. The Morgan fingerprint density at radius 1 is 1.24 bits per heavy atom. The van der Waals surface area contributed by atoms with Gasteiger partial charge < -0.3 is 10.1 Å². The minimum absolute atomic E-state index is 0.0359. The van der Waals surface area contributed by atoms with Crippen molar-refractivity contribution in [3.63, 3.8) is 0 Å². The van der Waals surface area contributed by atoms with Crippen LogP contribution in [0.2, 0.25) is 5.02 Å². The lowest BCUT2D eigenvalue weighted by Gasteiger charge is -2.26. The zero-order valence-electron chi connectivity index (χ0n) is 13.0. The standard InChI is InChI=1S/C17H15ClF4N2O/c18-12-1-2-15(14(6-12)17(20,21)22)25-16(10-3-4-23-7-10)11-5-13(19)9-24-8-11/h1-2,5-6,8-10,16,23H,3-4,7H2/t10-,16+/m1/s1.